The Bertz CT molecular complexity index is 216. The highest BCUT2D eigenvalue weighted by molar-refractivity contribution is 5.70. The summed E-state index contributed by atoms with van der Waals surface area (Å²) in [5.41, 5.74) is 0. The van der Waals surface area contributed by atoms with E-state index in [4.69, 9.17) is 9.47 Å². The van der Waals surface area contributed by atoms with Crippen LogP contribution in [-0.2, 0) is 14.3 Å². The molecule has 1 fully saturated rings. The average Bonchev–Trinajstić information content (AvgIpc) is 2.37. The minimum atomic E-state index is -0.211. The molecule has 0 radical (unpaired) electrons. The summed E-state index contributed by atoms with van der Waals surface area (Å²) in [6.45, 7) is 4.97. The first-order valence-electron chi connectivity index (χ1n) is 7.03. The minimum absolute atomic E-state index is 0.130. The molecular weight excluding hydrogens is 216 g/mol. The smallest absolute Gasteiger partial charge is 0.332 e. The molecule has 2 unspecified atom stereocenters. The Labute approximate surface area is 105 Å². The zero-order chi connectivity index (χ0) is 12.5. The van der Waals surface area contributed by atoms with Gasteiger partial charge in [-0.2, -0.15) is 0 Å². The summed E-state index contributed by atoms with van der Waals surface area (Å²) in [7, 11) is 0. The number of carbonyl (C=O) groups is 1. The molecule has 0 aliphatic heterocycles. The van der Waals surface area contributed by atoms with E-state index in [1.165, 1.54) is 19.3 Å². The first-order valence-corrected chi connectivity index (χ1v) is 7.03. The summed E-state index contributed by atoms with van der Waals surface area (Å²) >= 11 is 0. The van der Waals surface area contributed by atoms with Crippen LogP contribution in [0.25, 0.3) is 0 Å². The molecule has 1 aliphatic carbocycles. The number of ether oxygens (including phenoxy) is 2. The molecule has 1 saturated carbocycles. The van der Waals surface area contributed by atoms with E-state index in [0.717, 1.165) is 31.6 Å². The van der Waals surface area contributed by atoms with Gasteiger partial charge in [-0.3, -0.25) is 0 Å². The molecule has 0 spiro atoms. The molecule has 0 aromatic carbocycles. The van der Waals surface area contributed by atoms with Crippen molar-refractivity contribution in [1.29, 1.82) is 0 Å². The van der Waals surface area contributed by atoms with Crippen molar-refractivity contribution >= 4 is 5.97 Å². The highest BCUT2D eigenvalue weighted by Crippen LogP contribution is 2.28. The standard InChI is InChI=1S/C14H26O3/c1-3-5-9-16-14(15)11-17-13-8-6-7-12(4-2)10-13/h12-13H,3-11H2,1-2H3. The number of hydrogen-bond donors (Lipinski definition) is 0. The van der Waals surface area contributed by atoms with E-state index in [1.807, 2.05) is 0 Å². The summed E-state index contributed by atoms with van der Waals surface area (Å²) in [5.74, 6) is 0.571. The third-order valence-corrected chi connectivity index (χ3v) is 3.51. The molecule has 0 saturated heterocycles. The number of rotatable bonds is 7. The topological polar surface area (TPSA) is 35.5 Å². The van der Waals surface area contributed by atoms with Crippen LogP contribution in [0.3, 0.4) is 0 Å². The van der Waals surface area contributed by atoms with E-state index in [1.54, 1.807) is 0 Å². The van der Waals surface area contributed by atoms with Crippen molar-refractivity contribution in [3.05, 3.63) is 0 Å². The van der Waals surface area contributed by atoms with E-state index in [9.17, 15) is 4.79 Å². The summed E-state index contributed by atoms with van der Waals surface area (Å²) in [4.78, 5) is 11.4. The van der Waals surface area contributed by atoms with Crippen molar-refractivity contribution in [2.75, 3.05) is 13.2 Å². The fraction of sp³-hybridized carbons (Fsp3) is 0.929. The number of carbonyl (C=O) groups excluding carboxylic acids is 1. The molecule has 2 atom stereocenters. The molecule has 0 aromatic heterocycles. The Balaban J connectivity index is 2.10. The predicted molar refractivity (Wildman–Crippen MR) is 67.9 cm³/mol. The van der Waals surface area contributed by atoms with Gasteiger partial charge in [-0.05, 0) is 25.2 Å². The van der Waals surface area contributed by atoms with Crippen molar-refractivity contribution in [1.82, 2.24) is 0 Å². The van der Waals surface area contributed by atoms with Gasteiger partial charge in [-0.25, -0.2) is 4.79 Å². The monoisotopic (exact) mass is 242 g/mol. The van der Waals surface area contributed by atoms with Gasteiger partial charge in [0.25, 0.3) is 0 Å². The summed E-state index contributed by atoms with van der Waals surface area (Å²) in [6, 6.07) is 0. The van der Waals surface area contributed by atoms with Crippen molar-refractivity contribution < 1.29 is 14.3 Å². The molecule has 0 bridgehead atoms. The zero-order valence-corrected chi connectivity index (χ0v) is 11.2. The molecule has 0 N–H and O–H groups in total. The lowest BCUT2D eigenvalue weighted by atomic mass is 9.85. The van der Waals surface area contributed by atoms with Crippen LogP contribution in [0.4, 0.5) is 0 Å². The third kappa shape index (κ3) is 6.06. The van der Waals surface area contributed by atoms with Crippen molar-refractivity contribution in [2.45, 2.75) is 64.9 Å². The zero-order valence-electron chi connectivity index (χ0n) is 11.2. The molecule has 0 aromatic rings. The van der Waals surface area contributed by atoms with Crippen molar-refractivity contribution in [2.24, 2.45) is 5.92 Å². The lowest BCUT2D eigenvalue weighted by molar-refractivity contribution is -0.152. The summed E-state index contributed by atoms with van der Waals surface area (Å²) in [5, 5.41) is 0. The first kappa shape index (κ1) is 14.5. The van der Waals surface area contributed by atoms with Gasteiger partial charge >= 0.3 is 5.97 Å². The number of hydrogen-bond acceptors (Lipinski definition) is 3. The molecule has 3 heteroatoms. The second kappa shape index (κ2) is 8.51. The maximum Gasteiger partial charge on any atom is 0.332 e. The molecular formula is C14H26O3. The maximum atomic E-state index is 11.4. The van der Waals surface area contributed by atoms with Gasteiger partial charge < -0.3 is 9.47 Å². The van der Waals surface area contributed by atoms with Crippen molar-refractivity contribution in [3.8, 4) is 0 Å². The second-order valence-corrected chi connectivity index (χ2v) is 4.95. The Morgan fingerprint density at radius 2 is 2.12 bits per heavy atom. The Morgan fingerprint density at radius 3 is 2.82 bits per heavy atom. The molecule has 17 heavy (non-hydrogen) atoms. The Hall–Kier alpha value is -0.570. The highest BCUT2D eigenvalue weighted by Gasteiger charge is 2.21. The van der Waals surface area contributed by atoms with Crippen LogP contribution in [0.2, 0.25) is 0 Å². The second-order valence-electron chi connectivity index (χ2n) is 4.95. The molecule has 0 heterocycles. The third-order valence-electron chi connectivity index (χ3n) is 3.51. The van der Waals surface area contributed by atoms with E-state index in [0.29, 0.717) is 6.61 Å². The van der Waals surface area contributed by atoms with Crippen LogP contribution in [0.5, 0.6) is 0 Å². The Kier molecular flexibility index (Phi) is 7.25. The van der Waals surface area contributed by atoms with Gasteiger partial charge in [0, 0.05) is 0 Å². The lowest BCUT2D eigenvalue weighted by Crippen LogP contribution is -2.26. The fourth-order valence-electron chi connectivity index (χ4n) is 2.32. The normalized spacial score (nSPS) is 24.6. The van der Waals surface area contributed by atoms with Crippen LogP contribution >= 0.6 is 0 Å². The minimum Gasteiger partial charge on any atom is -0.464 e. The van der Waals surface area contributed by atoms with Gasteiger partial charge in [0.2, 0.25) is 0 Å². The van der Waals surface area contributed by atoms with Crippen LogP contribution < -0.4 is 0 Å². The van der Waals surface area contributed by atoms with E-state index < -0.39 is 0 Å². The van der Waals surface area contributed by atoms with Crippen LogP contribution in [0.15, 0.2) is 0 Å². The highest BCUT2D eigenvalue weighted by atomic mass is 16.6. The quantitative estimate of drug-likeness (QED) is 0.507. The number of esters is 1. The van der Waals surface area contributed by atoms with Gasteiger partial charge in [0.1, 0.15) is 6.61 Å². The largest absolute Gasteiger partial charge is 0.464 e. The molecule has 1 aliphatic rings. The van der Waals surface area contributed by atoms with Gasteiger partial charge in [-0.1, -0.05) is 39.5 Å². The van der Waals surface area contributed by atoms with Gasteiger partial charge in [0.05, 0.1) is 12.7 Å². The molecule has 3 nitrogen and oxygen atoms in total. The van der Waals surface area contributed by atoms with E-state index in [-0.39, 0.29) is 18.7 Å². The van der Waals surface area contributed by atoms with E-state index >= 15 is 0 Å². The first-order chi connectivity index (χ1) is 8.26. The maximum absolute atomic E-state index is 11.4. The summed E-state index contributed by atoms with van der Waals surface area (Å²) < 4.78 is 10.7. The van der Waals surface area contributed by atoms with E-state index in [2.05, 4.69) is 13.8 Å². The average molecular weight is 242 g/mol. The number of unbranched alkanes of at least 4 members (excludes halogenated alkanes) is 1. The van der Waals surface area contributed by atoms with Crippen LogP contribution in [0, 0.1) is 5.92 Å². The van der Waals surface area contributed by atoms with Crippen molar-refractivity contribution in [3.63, 3.8) is 0 Å². The molecule has 100 valence electrons. The molecule has 0 amide bonds. The predicted octanol–water partition coefficient (Wildman–Crippen LogP) is 3.32. The summed E-state index contributed by atoms with van der Waals surface area (Å²) in [6.07, 6.45) is 8.23. The van der Waals surface area contributed by atoms with Gasteiger partial charge in [-0.15, -0.1) is 0 Å². The molecule has 1 rings (SSSR count). The lowest BCUT2D eigenvalue weighted by Gasteiger charge is -2.28. The fourth-order valence-corrected chi connectivity index (χ4v) is 2.32. The van der Waals surface area contributed by atoms with Crippen LogP contribution in [-0.4, -0.2) is 25.3 Å². The van der Waals surface area contributed by atoms with Gasteiger partial charge in [0.15, 0.2) is 0 Å². The SMILES string of the molecule is CCCCOC(=O)COC1CCCC(CC)C1. The van der Waals surface area contributed by atoms with Crippen LogP contribution in [0.1, 0.15) is 58.8 Å². The Morgan fingerprint density at radius 1 is 1.29 bits per heavy atom.